The van der Waals surface area contributed by atoms with Crippen molar-refractivity contribution >= 4 is 21.4 Å². The van der Waals surface area contributed by atoms with Crippen LogP contribution in [0.25, 0.3) is 0 Å². The maximum Gasteiger partial charge on any atom is 0.238 e. The highest BCUT2D eigenvalue weighted by molar-refractivity contribution is 7.89. The molecule has 0 bridgehead atoms. The molecule has 2 rings (SSSR count). The Balaban J connectivity index is 2.50. The van der Waals surface area contributed by atoms with Gasteiger partial charge in [0.2, 0.25) is 10.0 Å². The number of primary sulfonamides is 1. The molecule has 5 N–H and O–H groups in total. The normalized spacial score (nSPS) is 16.9. The molecule has 0 spiro atoms. The second-order valence-corrected chi connectivity index (χ2v) is 5.98. The molecule has 1 aliphatic heterocycles. The third-order valence-corrected chi connectivity index (χ3v) is 4.16. The highest BCUT2D eigenvalue weighted by atomic mass is 32.2. The van der Waals surface area contributed by atoms with Gasteiger partial charge in [0.1, 0.15) is 0 Å². The molecule has 7 heteroatoms. The van der Waals surface area contributed by atoms with E-state index < -0.39 is 10.0 Å². The summed E-state index contributed by atoms with van der Waals surface area (Å²) in [7, 11) is -3.74. The molecule has 0 unspecified atom stereocenters. The van der Waals surface area contributed by atoms with Crippen molar-refractivity contribution < 1.29 is 8.42 Å². The Labute approximate surface area is 107 Å². The van der Waals surface area contributed by atoms with Crippen molar-refractivity contribution in [1.29, 1.82) is 0 Å². The number of nitrogen functional groups attached to an aromatic ring is 1. The number of benzene rings is 1. The minimum atomic E-state index is -3.74. The lowest BCUT2D eigenvalue weighted by Crippen LogP contribution is -2.44. The third kappa shape index (κ3) is 2.58. The fourth-order valence-corrected chi connectivity index (χ4v) is 3.06. The molecule has 1 aromatic carbocycles. The number of anilines is 2. The first-order valence-electron chi connectivity index (χ1n) is 5.78. The quantitative estimate of drug-likeness (QED) is 0.637. The second kappa shape index (κ2) is 4.75. The smallest absolute Gasteiger partial charge is 0.238 e. The molecule has 0 aliphatic carbocycles. The molecule has 0 radical (unpaired) electrons. The lowest BCUT2D eigenvalue weighted by atomic mass is 10.1. The standard InChI is InChI=1S/C11H18N4O2S/c1-8-10(15-4-2-14-3-5-15)6-9(12)7-11(8)18(13,16)17/h6-7,14H,2-5,12H2,1H3,(H2,13,16,17). The zero-order valence-electron chi connectivity index (χ0n) is 10.3. The molecule has 18 heavy (non-hydrogen) atoms. The summed E-state index contributed by atoms with van der Waals surface area (Å²) in [6.45, 7) is 5.16. The van der Waals surface area contributed by atoms with Crippen molar-refractivity contribution in [3.8, 4) is 0 Å². The molecule has 1 saturated heterocycles. The molecule has 1 heterocycles. The lowest BCUT2D eigenvalue weighted by Gasteiger charge is -2.31. The fraction of sp³-hybridized carbons (Fsp3) is 0.455. The summed E-state index contributed by atoms with van der Waals surface area (Å²) < 4.78 is 23.1. The average Bonchev–Trinajstić information content (AvgIpc) is 2.31. The van der Waals surface area contributed by atoms with Crippen molar-refractivity contribution in [2.45, 2.75) is 11.8 Å². The van der Waals surface area contributed by atoms with Gasteiger partial charge < -0.3 is 16.0 Å². The summed E-state index contributed by atoms with van der Waals surface area (Å²) in [6, 6.07) is 3.21. The molecule has 0 atom stereocenters. The van der Waals surface area contributed by atoms with Crippen LogP contribution in [-0.2, 0) is 10.0 Å². The van der Waals surface area contributed by atoms with Crippen molar-refractivity contribution in [1.82, 2.24) is 5.32 Å². The largest absolute Gasteiger partial charge is 0.399 e. The summed E-state index contributed by atoms with van der Waals surface area (Å²) >= 11 is 0. The third-order valence-electron chi connectivity index (χ3n) is 3.12. The number of hydrogen-bond acceptors (Lipinski definition) is 5. The van der Waals surface area contributed by atoms with E-state index in [0.717, 1.165) is 31.9 Å². The topological polar surface area (TPSA) is 101 Å². The Morgan fingerprint density at radius 1 is 1.28 bits per heavy atom. The van der Waals surface area contributed by atoms with Gasteiger partial charge >= 0.3 is 0 Å². The van der Waals surface area contributed by atoms with Gasteiger partial charge in [0.15, 0.2) is 0 Å². The van der Waals surface area contributed by atoms with Crippen molar-refractivity contribution in [2.75, 3.05) is 36.8 Å². The maximum atomic E-state index is 11.5. The number of nitrogens with zero attached hydrogens (tertiary/aromatic N) is 1. The number of nitrogens with one attached hydrogen (secondary N) is 1. The van der Waals surface area contributed by atoms with Gasteiger partial charge in [0.25, 0.3) is 0 Å². The molecular weight excluding hydrogens is 252 g/mol. The molecule has 0 saturated carbocycles. The van der Waals surface area contributed by atoms with Crippen LogP contribution >= 0.6 is 0 Å². The van der Waals surface area contributed by atoms with Crippen LogP contribution in [0.2, 0.25) is 0 Å². The minimum Gasteiger partial charge on any atom is -0.399 e. The van der Waals surface area contributed by atoms with E-state index in [1.807, 2.05) is 0 Å². The SMILES string of the molecule is Cc1c(N2CCNCC2)cc(N)cc1S(N)(=O)=O. The van der Waals surface area contributed by atoms with Crippen LogP contribution in [-0.4, -0.2) is 34.6 Å². The minimum absolute atomic E-state index is 0.107. The van der Waals surface area contributed by atoms with E-state index >= 15 is 0 Å². The Hall–Kier alpha value is -1.31. The van der Waals surface area contributed by atoms with Gasteiger partial charge in [-0.15, -0.1) is 0 Å². The van der Waals surface area contributed by atoms with E-state index in [9.17, 15) is 8.42 Å². The number of sulfonamides is 1. The molecule has 1 aromatic rings. The number of hydrogen-bond donors (Lipinski definition) is 3. The summed E-state index contributed by atoms with van der Waals surface area (Å²) in [5, 5.41) is 8.46. The fourth-order valence-electron chi connectivity index (χ4n) is 2.22. The van der Waals surface area contributed by atoms with Crippen LogP contribution in [0.3, 0.4) is 0 Å². The van der Waals surface area contributed by atoms with E-state index in [1.165, 1.54) is 6.07 Å². The number of rotatable bonds is 2. The lowest BCUT2D eigenvalue weighted by molar-refractivity contribution is 0.586. The van der Waals surface area contributed by atoms with Gasteiger partial charge in [-0.25, -0.2) is 13.6 Å². The molecule has 1 aliphatic rings. The van der Waals surface area contributed by atoms with E-state index in [-0.39, 0.29) is 4.90 Å². The van der Waals surface area contributed by atoms with Crippen molar-refractivity contribution in [3.63, 3.8) is 0 Å². The van der Waals surface area contributed by atoms with Crippen molar-refractivity contribution in [3.05, 3.63) is 17.7 Å². The number of piperazine rings is 1. The highest BCUT2D eigenvalue weighted by Crippen LogP contribution is 2.29. The molecule has 100 valence electrons. The molecule has 0 amide bonds. The zero-order valence-corrected chi connectivity index (χ0v) is 11.1. The van der Waals surface area contributed by atoms with Gasteiger partial charge in [-0.3, -0.25) is 0 Å². The Kier molecular flexibility index (Phi) is 3.47. The Morgan fingerprint density at radius 3 is 2.44 bits per heavy atom. The highest BCUT2D eigenvalue weighted by Gasteiger charge is 2.19. The van der Waals surface area contributed by atoms with Gasteiger partial charge in [-0.1, -0.05) is 0 Å². The molecule has 6 nitrogen and oxygen atoms in total. The Morgan fingerprint density at radius 2 is 1.89 bits per heavy atom. The van der Waals surface area contributed by atoms with Crippen LogP contribution < -0.4 is 21.1 Å². The first-order chi connectivity index (χ1) is 8.39. The summed E-state index contributed by atoms with van der Waals surface area (Å²) in [4.78, 5) is 2.23. The Bertz CT molecular complexity index is 550. The predicted octanol–water partition coefficient (Wildman–Crippen LogP) is -0.366. The van der Waals surface area contributed by atoms with Crippen LogP contribution in [0.4, 0.5) is 11.4 Å². The average molecular weight is 270 g/mol. The van der Waals surface area contributed by atoms with E-state index in [1.54, 1.807) is 13.0 Å². The zero-order chi connectivity index (χ0) is 13.3. The van der Waals surface area contributed by atoms with Gasteiger partial charge in [0.05, 0.1) is 4.90 Å². The van der Waals surface area contributed by atoms with E-state index in [2.05, 4.69) is 10.2 Å². The van der Waals surface area contributed by atoms with Crippen LogP contribution in [0, 0.1) is 6.92 Å². The molecular formula is C11H18N4O2S. The van der Waals surface area contributed by atoms with Gasteiger partial charge in [-0.05, 0) is 24.6 Å². The van der Waals surface area contributed by atoms with Crippen LogP contribution in [0.15, 0.2) is 17.0 Å². The summed E-state index contributed by atoms with van der Waals surface area (Å²) in [5.74, 6) is 0. The predicted molar refractivity (Wildman–Crippen MR) is 72.0 cm³/mol. The van der Waals surface area contributed by atoms with Crippen molar-refractivity contribution in [2.24, 2.45) is 5.14 Å². The first-order valence-corrected chi connectivity index (χ1v) is 7.33. The first kappa shape index (κ1) is 13.1. The number of nitrogens with two attached hydrogens (primary N) is 2. The second-order valence-electron chi connectivity index (χ2n) is 4.45. The van der Waals surface area contributed by atoms with E-state index in [4.69, 9.17) is 10.9 Å². The van der Waals surface area contributed by atoms with E-state index in [0.29, 0.717) is 11.3 Å². The molecule has 1 fully saturated rings. The molecule has 0 aromatic heterocycles. The van der Waals surface area contributed by atoms with Crippen LogP contribution in [0.5, 0.6) is 0 Å². The maximum absolute atomic E-state index is 11.5. The monoisotopic (exact) mass is 270 g/mol. The summed E-state index contributed by atoms with van der Waals surface area (Å²) in [6.07, 6.45) is 0. The summed E-state index contributed by atoms with van der Waals surface area (Å²) in [5.41, 5.74) is 7.69. The van der Waals surface area contributed by atoms with Gasteiger partial charge in [0, 0.05) is 37.6 Å². The van der Waals surface area contributed by atoms with Crippen LogP contribution in [0.1, 0.15) is 5.56 Å². The van der Waals surface area contributed by atoms with Gasteiger partial charge in [-0.2, -0.15) is 0 Å².